The Hall–Kier alpha value is -3.14. The van der Waals surface area contributed by atoms with Gasteiger partial charge in [-0.1, -0.05) is 61.6 Å². The van der Waals surface area contributed by atoms with E-state index in [0.717, 1.165) is 25.0 Å². The monoisotopic (exact) mass is 412 g/mol. The van der Waals surface area contributed by atoms with Crippen molar-refractivity contribution in [1.29, 1.82) is 0 Å². The number of hydrogen-bond acceptors (Lipinski definition) is 4. The number of phenols is 1. The topological polar surface area (TPSA) is 55.2 Å². The highest BCUT2D eigenvalue weighted by molar-refractivity contribution is 5.64. The quantitative estimate of drug-likeness (QED) is 0.656. The van der Waals surface area contributed by atoms with Crippen LogP contribution in [0.4, 0.5) is 0 Å². The number of benzene rings is 1. The third kappa shape index (κ3) is 3.83. The van der Waals surface area contributed by atoms with Crippen molar-refractivity contribution >= 4 is 0 Å². The van der Waals surface area contributed by atoms with E-state index in [4.69, 9.17) is 9.72 Å². The van der Waals surface area contributed by atoms with Crippen molar-refractivity contribution in [1.82, 2.24) is 9.97 Å². The number of hydrogen-bond donors (Lipinski definition) is 1. The number of aromatic nitrogens is 2. The van der Waals surface area contributed by atoms with Crippen molar-refractivity contribution in [3.05, 3.63) is 84.1 Å². The molecule has 0 saturated carbocycles. The summed E-state index contributed by atoms with van der Waals surface area (Å²) in [5.74, 6) is 2.69. The smallest absolute Gasteiger partial charge is 0.217 e. The number of phenolic OH excluding ortho intramolecular Hbond substituents is 1. The molecule has 2 aromatic rings. The lowest BCUT2D eigenvalue weighted by Crippen LogP contribution is -2.33. The number of aromatic hydroxyl groups is 1. The molecule has 3 aliphatic rings. The van der Waals surface area contributed by atoms with Crippen molar-refractivity contribution in [2.45, 2.75) is 32.1 Å². The van der Waals surface area contributed by atoms with Crippen LogP contribution >= 0.6 is 0 Å². The highest BCUT2D eigenvalue weighted by Crippen LogP contribution is 2.50. The van der Waals surface area contributed by atoms with E-state index >= 15 is 0 Å². The van der Waals surface area contributed by atoms with E-state index in [2.05, 4.69) is 54.4 Å². The molecule has 0 amide bonds. The van der Waals surface area contributed by atoms with Gasteiger partial charge >= 0.3 is 0 Å². The van der Waals surface area contributed by atoms with Gasteiger partial charge in [-0.15, -0.1) is 0 Å². The molecule has 1 N–H and O–H groups in total. The zero-order valence-corrected chi connectivity index (χ0v) is 17.8. The largest absolute Gasteiger partial charge is 0.507 e. The van der Waals surface area contributed by atoms with E-state index in [9.17, 15) is 5.11 Å². The molecule has 158 valence electrons. The first-order valence-electron chi connectivity index (χ1n) is 11.3. The van der Waals surface area contributed by atoms with E-state index in [1.54, 1.807) is 6.07 Å². The number of para-hydroxylation sites is 1. The van der Waals surface area contributed by atoms with Crippen LogP contribution in [0.1, 0.15) is 37.8 Å². The van der Waals surface area contributed by atoms with E-state index in [0.29, 0.717) is 41.6 Å². The SMILES string of the molecule is CCCOc1cc(C2C3CCC=CC3=CC3C=CC=CC32)nc(-c2ccccc2O)n1. The van der Waals surface area contributed by atoms with Gasteiger partial charge in [-0.3, -0.25) is 0 Å². The van der Waals surface area contributed by atoms with E-state index in [1.807, 2.05) is 24.3 Å². The summed E-state index contributed by atoms with van der Waals surface area (Å²) in [4.78, 5) is 9.67. The maximum absolute atomic E-state index is 10.4. The van der Waals surface area contributed by atoms with Crippen LogP contribution in [0.15, 0.2) is 78.4 Å². The summed E-state index contributed by atoms with van der Waals surface area (Å²) < 4.78 is 5.97. The van der Waals surface area contributed by atoms with E-state index < -0.39 is 0 Å². The maximum Gasteiger partial charge on any atom is 0.217 e. The van der Waals surface area contributed by atoms with Crippen molar-refractivity contribution < 1.29 is 9.84 Å². The third-order valence-corrected chi connectivity index (χ3v) is 6.50. The number of fused-ring (bicyclic) bond motifs is 2. The zero-order valence-electron chi connectivity index (χ0n) is 17.8. The van der Waals surface area contributed by atoms with Gasteiger partial charge in [0.15, 0.2) is 5.82 Å². The first-order valence-corrected chi connectivity index (χ1v) is 11.3. The Bertz CT molecular complexity index is 1080. The van der Waals surface area contributed by atoms with Crippen LogP contribution in [-0.4, -0.2) is 21.7 Å². The second-order valence-corrected chi connectivity index (χ2v) is 8.52. The molecular weight excluding hydrogens is 384 g/mol. The van der Waals surface area contributed by atoms with Gasteiger partial charge in [0.2, 0.25) is 5.88 Å². The minimum atomic E-state index is 0.185. The molecule has 4 nitrogen and oxygen atoms in total. The predicted molar refractivity (Wildman–Crippen MR) is 123 cm³/mol. The number of rotatable bonds is 5. The molecule has 0 bridgehead atoms. The molecule has 0 radical (unpaired) electrons. The Kier molecular flexibility index (Phi) is 5.46. The van der Waals surface area contributed by atoms with E-state index in [1.165, 1.54) is 5.57 Å². The maximum atomic E-state index is 10.4. The van der Waals surface area contributed by atoms with Crippen LogP contribution in [0.2, 0.25) is 0 Å². The predicted octanol–water partition coefficient (Wildman–Crippen LogP) is 5.99. The highest BCUT2D eigenvalue weighted by Gasteiger charge is 2.40. The van der Waals surface area contributed by atoms with Crippen LogP contribution in [0.3, 0.4) is 0 Å². The average molecular weight is 413 g/mol. The molecule has 4 atom stereocenters. The molecule has 1 heterocycles. The van der Waals surface area contributed by atoms with Gasteiger partial charge in [-0.25, -0.2) is 4.98 Å². The molecule has 1 aromatic carbocycles. The standard InChI is InChI=1S/C27H28N2O2/c1-2-15-31-25-17-23(28-27(29-25)22-13-7-8-14-24(22)30)26-20-11-5-3-9-18(20)16-19-10-4-6-12-21(19)26/h3-5,7-11,13-14,16-18,20-21,26,30H,2,6,12,15H2,1H3. The van der Waals surface area contributed by atoms with Gasteiger partial charge in [-0.05, 0) is 48.8 Å². The molecular formula is C27H28N2O2. The minimum Gasteiger partial charge on any atom is -0.507 e. The molecule has 0 spiro atoms. The zero-order chi connectivity index (χ0) is 21.2. The minimum absolute atomic E-state index is 0.185. The summed E-state index contributed by atoms with van der Waals surface area (Å²) in [6.45, 7) is 2.69. The van der Waals surface area contributed by atoms with Crippen LogP contribution in [0, 0.1) is 17.8 Å². The Morgan fingerprint density at radius 2 is 2.00 bits per heavy atom. The summed E-state index contributed by atoms with van der Waals surface area (Å²) >= 11 is 0. The molecule has 4 heteroatoms. The summed E-state index contributed by atoms with van der Waals surface area (Å²) in [5.41, 5.74) is 3.05. The van der Waals surface area contributed by atoms with Crippen molar-refractivity contribution in [3.63, 3.8) is 0 Å². The second kappa shape index (κ2) is 8.54. The number of nitrogens with zero attached hydrogens (tertiary/aromatic N) is 2. The molecule has 0 saturated heterocycles. The summed E-state index contributed by atoms with van der Waals surface area (Å²) in [7, 11) is 0. The fraction of sp³-hybridized carbons (Fsp3) is 0.333. The van der Waals surface area contributed by atoms with Crippen LogP contribution < -0.4 is 4.74 Å². The van der Waals surface area contributed by atoms with Gasteiger partial charge in [0.05, 0.1) is 17.9 Å². The Balaban J connectivity index is 1.64. The lowest BCUT2D eigenvalue weighted by atomic mass is 9.62. The van der Waals surface area contributed by atoms with Gasteiger partial charge in [0, 0.05) is 17.9 Å². The lowest BCUT2D eigenvalue weighted by Gasteiger charge is -2.42. The van der Waals surface area contributed by atoms with Crippen molar-refractivity contribution in [2.75, 3.05) is 6.61 Å². The average Bonchev–Trinajstić information content (AvgIpc) is 2.81. The van der Waals surface area contributed by atoms with Gasteiger partial charge in [0.25, 0.3) is 0 Å². The molecule has 5 rings (SSSR count). The molecule has 1 aromatic heterocycles. The molecule has 31 heavy (non-hydrogen) atoms. The van der Waals surface area contributed by atoms with Gasteiger partial charge < -0.3 is 9.84 Å². The number of allylic oxidation sites excluding steroid dienone is 8. The summed E-state index contributed by atoms with van der Waals surface area (Å²) in [5, 5.41) is 10.4. The molecule has 4 unspecified atom stereocenters. The lowest BCUT2D eigenvalue weighted by molar-refractivity contribution is 0.293. The highest BCUT2D eigenvalue weighted by atomic mass is 16.5. The fourth-order valence-corrected chi connectivity index (χ4v) is 5.09. The fourth-order valence-electron chi connectivity index (χ4n) is 5.09. The summed E-state index contributed by atoms with van der Waals surface area (Å²) in [6, 6.07) is 9.27. The normalized spacial score (nSPS) is 26.2. The first kappa shape index (κ1) is 19.8. The first-order chi connectivity index (χ1) is 15.2. The van der Waals surface area contributed by atoms with Crippen molar-refractivity contribution in [2.24, 2.45) is 17.8 Å². The van der Waals surface area contributed by atoms with Crippen LogP contribution in [-0.2, 0) is 0 Å². The van der Waals surface area contributed by atoms with Crippen LogP contribution in [0.25, 0.3) is 11.4 Å². The Morgan fingerprint density at radius 1 is 1.13 bits per heavy atom. The van der Waals surface area contributed by atoms with Crippen molar-refractivity contribution in [3.8, 4) is 23.0 Å². The summed E-state index contributed by atoms with van der Waals surface area (Å²) in [6.07, 6.45) is 19.1. The molecule has 0 fully saturated rings. The third-order valence-electron chi connectivity index (χ3n) is 6.50. The number of ether oxygens (including phenoxy) is 1. The second-order valence-electron chi connectivity index (χ2n) is 8.52. The van der Waals surface area contributed by atoms with Gasteiger partial charge in [-0.2, -0.15) is 4.98 Å². The Labute approximate surface area is 183 Å². The van der Waals surface area contributed by atoms with Gasteiger partial charge in [0.1, 0.15) is 5.75 Å². The Morgan fingerprint density at radius 3 is 2.87 bits per heavy atom. The molecule has 0 aliphatic heterocycles. The molecule has 3 aliphatic carbocycles. The van der Waals surface area contributed by atoms with Crippen LogP contribution in [0.5, 0.6) is 11.6 Å². The van der Waals surface area contributed by atoms with E-state index in [-0.39, 0.29) is 11.7 Å².